The Labute approximate surface area is 188 Å². The maximum absolute atomic E-state index is 13.4. The Hall–Kier alpha value is -2.90. The molecule has 0 aromatic carbocycles. The van der Waals surface area contributed by atoms with Crippen LogP contribution in [-0.4, -0.2) is 42.5 Å². The number of allylic oxidation sites excluding steroid dienone is 2. The Morgan fingerprint density at radius 2 is 2.09 bits per heavy atom. The molecule has 1 aliphatic heterocycles. The zero-order chi connectivity index (χ0) is 22.9. The molecule has 3 heterocycles. The van der Waals surface area contributed by atoms with Gasteiger partial charge in [-0.2, -0.15) is 0 Å². The van der Waals surface area contributed by atoms with Crippen LogP contribution in [0.2, 0.25) is 0 Å². The van der Waals surface area contributed by atoms with Crippen LogP contribution in [0, 0.1) is 5.41 Å². The molecule has 0 spiro atoms. The second-order valence-corrected chi connectivity index (χ2v) is 9.15. The highest BCUT2D eigenvalue weighted by molar-refractivity contribution is 6.04. The molecule has 2 aromatic rings. The summed E-state index contributed by atoms with van der Waals surface area (Å²) in [7, 11) is 0. The minimum atomic E-state index is -0.517. The van der Waals surface area contributed by atoms with Gasteiger partial charge in [-0.15, -0.1) is 0 Å². The van der Waals surface area contributed by atoms with Crippen molar-refractivity contribution in [3.63, 3.8) is 0 Å². The average Bonchev–Trinajstić information content (AvgIpc) is 3.20. The van der Waals surface area contributed by atoms with E-state index in [1.54, 1.807) is 6.92 Å². The Morgan fingerprint density at radius 1 is 1.28 bits per heavy atom. The monoisotopic (exact) mass is 437 g/mol. The van der Waals surface area contributed by atoms with Gasteiger partial charge in [0.1, 0.15) is 0 Å². The number of hydrogen-bond acceptors (Lipinski definition) is 6. The van der Waals surface area contributed by atoms with Crippen LogP contribution in [0.4, 0.5) is 0 Å². The molecule has 2 aliphatic rings. The lowest BCUT2D eigenvalue weighted by atomic mass is 9.68. The van der Waals surface area contributed by atoms with Gasteiger partial charge in [0.15, 0.2) is 5.78 Å². The Balaban J connectivity index is 1.89. The van der Waals surface area contributed by atoms with Gasteiger partial charge in [-0.3, -0.25) is 4.79 Å². The molecule has 7 heteroatoms. The molecule has 1 unspecified atom stereocenters. The third-order valence-electron chi connectivity index (χ3n) is 6.01. The number of rotatable bonds is 7. The SMILES string of the molecule is CCOC(=O)C1=C(COCCN)NC2=C(C(=O)CC(C)(C)C2)C1c1ccc2cccn2c1. The van der Waals surface area contributed by atoms with Crippen LogP contribution in [0.15, 0.2) is 59.2 Å². The summed E-state index contributed by atoms with van der Waals surface area (Å²) in [5.41, 5.74) is 9.93. The first-order valence-corrected chi connectivity index (χ1v) is 11.1. The first-order chi connectivity index (χ1) is 15.3. The maximum atomic E-state index is 13.4. The van der Waals surface area contributed by atoms with E-state index < -0.39 is 11.9 Å². The number of dihydropyridines is 1. The van der Waals surface area contributed by atoms with Gasteiger partial charge in [-0.05, 0) is 42.5 Å². The van der Waals surface area contributed by atoms with Gasteiger partial charge in [0.05, 0.1) is 31.1 Å². The zero-order valence-electron chi connectivity index (χ0n) is 18.9. The fraction of sp³-hybridized carbons (Fsp3) is 0.440. The minimum Gasteiger partial charge on any atom is -0.463 e. The summed E-state index contributed by atoms with van der Waals surface area (Å²) < 4.78 is 13.2. The van der Waals surface area contributed by atoms with Gasteiger partial charge in [0, 0.05) is 48.1 Å². The standard InChI is InChI=1S/C25H31N3O4/c1-4-32-24(30)23-19(15-31-11-9-26)27-18-12-25(2,3)13-20(29)22(18)21(23)16-7-8-17-6-5-10-28(17)14-16/h5-8,10,14,21,27H,4,9,11-13,15,26H2,1-3H3. The van der Waals surface area contributed by atoms with Crippen molar-refractivity contribution in [3.05, 3.63) is 64.8 Å². The zero-order valence-corrected chi connectivity index (χ0v) is 18.9. The molecule has 0 bridgehead atoms. The Morgan fingerprint density at radius 3 is 2.84 bits per heavy atom. The van der Waals surface area contributed by atoms with Crippen LogP contribution >= 0.6 is 0 Å². The van der Waals surface area contributed by atoms with E-state index in [1.807, 2.05) is 41.1 Å². The van der Waals surface area contributed by atoms with Crippen molar-refractivity contribution in [2.24, 2.45) is 11.1 Å². The molecule has 1 aliphatic carbocycles. The number of fused-ring (bicyclic) bond motifs is 1. The van der Waals surface area contributed by atoms with Gasteiger partial charge >= 0.3 is 5.97 Å². The number of hydrogen-bond donors (Lipinski definition) is 2. The number of nitrogens with two attached hydrogens (primary N) is 1. The normalized spacial score (nSPS) is 20.4. The van der Waals surface area contributed by atoms with Crippen molar-refractivity contribution in [1.82, 2.24) is 9.72 Å². The molecule has 1 atom stereocenters. The second-order valence-electron chi connectivity index (χ2n) is 9.15. The fourth-order valence-electron chi connectivity index (χ4n) is 4.73. The summed E-state index contributed by atoms with van der Waals surface area (Å²) in [4.78, 5) is 26.6. The number of Topliss-reactive ketones (excluding diaryl/α,β-unsaturated/α-hetero) is 1. The molecule has 4 rings (SSSR count). The number of aromatic nitrogens is 1. The highest BCUT2D eigenvalue weighted by atomic mass is 16.5. The predicted octanol–water partition coefficient (Wildman–Crippen LogP) is 3.06. The van der Waals surface area contributed by atoms with Gasteiger partial charge in [0.2, 0.25) is 0 Å². The second kappa shape index (κ2) is 8.92. The van der Waals surface area contributed by atoms with E-state index in [4.69, 9.17) is 15.2 Å². The van der Waals surface area contributed by atoms with Gasteiger partial charge in [-0.25, -0.2) is 4.79 Å². The number of nitrogens with one attached hydrogen (secondary N) is 1. The van der Waals surface area contributed by atoms with Crippen molar-refractivity contribution in [2.75, 3.05) is 26.4 Å². The third-order valence-corrected chi connectivity index (χ3v) is 6.01. The first kappa shape index (κ1) is 22.3. The molecule has 0 saturated carbocycles. The summed E-state index contributed by atoms with van der Waals surface area (Å²) in [6.45, 7) is 7.15. The summed E-state index contributed by atoms with van der Waals surface area (Å²) in [6, 6.07) is 7.97. The summed E-state index contributed by atoms with van der Waals surface area (Å²) >= 11 is 0. The lowest BCUT2D eigenvalue weighted by Crippen LogP contribution is -2.40. The van der Waals surface area contributed by atoms with E-state index in [2.05, 4.69) is 19.2 Å². The summed E-state index contributed by atoms with van der Waals surface area (Å²) in [5, 5.41) is 3.39. The van der Waals surface area contributed by atoms with Crippen LogP contribution in [0.3, 0.4) is 0 Å². The molecular formula is C25H31N3O4. The molecule has 0 amide bonds. The average molecular weight is 438 g/mol. The highest BCUT2D eigenvalue weighted by Gasteiger charge is 2.43. The molecule has 0 saturated heterocycles. The van der Waals surface area contributed by atoms with Gasteiger partial charge in [0.25, 0.3) is 0 Å². The van der Waals surface area contributed by atoms with Crippen molar-refractivity contribution in [1.29, 1.82) is 0 Å². The maximum Gasteiger partial charge on any atom is 0.336 e. The molecule has 32 heavy (non-hydrogen) atoms. The van der Waals surface area contributed by atoms with E-state index in [1.165, 1.54) is 0 Å². The molecule has 0 radical (unpaired) electrons. The highest BCUT2D eigenvalue weighted by Crippen LogP contribution is 2.46. The summed E-state index contributed by atoms with van der Waals surface area (Å²) in [5.74, 6) is -0.893. The first-order valence-electron chi connectivity index (χ1n) is 11.1. The van der Waals surface area contributed by atoms with Gasteiger partial charge < -0.3 is 24.9 Å². The van der Waals surface area contributed by atoms with Crippen LogP contribution < -0.4 is 11.1 Å². The van der Waals surface area contributed by atoms with Crippen molar-refractivity contribution >= 4 is 17.3 Å². The van der Waals surface area contributed by atoms with Crippen molar-refractivity contribution in [2.45, 2.75) is 39.5 Å². The Kier molecular flexibility index (Phi) is 6.22. The van der Waals surface area contributed by atoms with E-state index in [-0.39, 0.29) is 24.4 Å². The third kappa shape index (κ3) is 4.23. The summed E-state index contributed by atoms with van der Waals surface area (Å²) in [6.07, 6.45) is 5.10. The number of carbonyl (C=O) groups is 2. The van der Waals surface area contributed by atoms with E-state index >= 15 is 0 Å². The minimum absolute atomic E-state index is 0.0603. The van der Waals surface area contributed by atoms with Crippen LogP contribution in [0.5, 0.6) is 0 Å². The fourth-order valence-corrected chi connectivity index (χ4v) is 4.73. The lowest BCUT2D eigenvalue weighted by Gasteiger charge is -2.40. The molecular weight excluding hydrogens is 406 g/mol. The number of nitrogens with zero attached hydrogens (tertiary/aromatic N) is 1. The Bertz CT molecular complexity index is 1110. The van der Waals surface area contributed by atoms with Crippen LogP contribution in [0.1, 0.15) is 45.1 Å². The number of pyridine rings is 1. The molecule has 170 valence electrons. The molecule has 3 N–H and O–H groups in total. The molecule has 2 aromatic heterocycles. The van der Waals surface area contributed by atoms with Crippen molar-refractivity contribution < 1.29 is 19.1 Å². The van der Waals surface area contributed by atoms with E-state index in [0.29, 0.717) is 42.8 Å². The molecule has 0 fully saturated rings. The number of ketones is 1. The number of carbonyl (C=O) groups excluding carboxylic acids is 2. The van der Waals surface area contributed by atoms with E-state index in [9.17, 15) is 9.59 Å². The topological polar surface area (TPSA) is 95.1 Å². The van der Waals surface area contributed by atoms with Crippen LogP contribution in [-0.2, 0) is 19.1 Å². The smallest absolute Gasteiger partial charge is 0.336 e. The number of esters is 1. The largest absolute Gasteiger partial charge is 0.463 e. The van der Waals surface area contributed by atoms with Crippen molar-refractivity contribution in [3.8, 4) is 0 Å². The van der Waals surface area contributed by atoms with E-state index in [0.717, 1.165) is 16.8 Å². The lowest BCUT2D eigenvalue weighted by molar-refractivity contribution is -0.139. The number of ether oxygens (including phenoxy) is 2. The quantitative estimate of drug-likeness (QED) is 0.511. The molecule has 7 nitrogen and oxygen atoms in total. The predicted molar refractivity (Wildman–Crippen MR) is 122 cm³/mol. The van der Waals surface area contributed by atoms with Gasteiger partial charge in [-0.1, -0.05) is 19.9 Å². The van der Waals surface area contributed by atoms with Crippen LogP contribution in [0.25, 0.3) is 5.52 Å².